The summed E-state index contributed by atoms with van der Waals surface area (Å²) in [7, 11) is -3.34. The number of thioether (sulfide) groups is 1. The molecule has 1 aliphatic rings. The molecular weight excluding hydrogens is 449 g/mol. The maximum absolute atomic E-state index is 12.9. The lowest BCUT2D eigenvalue weighted by atomic mass is 10.1. The molecule has 0 unspecified atom stereocenters. The first kappa shape index (κ1) is 24.2. The molecule has 5 N–H and O–H groups in total. The van der Waals surface area contributed by atoms with Gasteiger partial charge in [-0.25, -0.2) is 4.98 Å². The van der Waals surface area contributed by atoms with Gasteiger partial charge in [-0.1, -0.05) is 0 Å². The van der Waals surface area contributed by atoms with Crippen LogP contribution in [0.5, 0.6) is 0 Å². The normalized spacial score (nSPS) is 24.6. The third-order valence-corrected chi connectivity index (χ3v) is 8.38. The van der Waals surface area contributed by atoms with E-state index in [4.69, 9.17) is 19.5 Å². The van der Waals surface area contributed by atoms with E-state index in [9.17, 15) is 19.6 Å². The second-order valence-electron chi connectivity index (χ2n) is 7.74. The van der Waals surface area contributed by atoms with Gasteiger partial charge in [0.1, 0.15) is 12.2 Å². The van der Waals surface area contributed by atoms with Crippen LogP contribution in [0.1, 0.15) is 33.9 Å². The average molecular weight is 477 g/mol. The Kier molecular flexibility index (Phi) is 7.47. The molecule has 174 valence electrons. The van der Waals surface area contributed by atoms with Crippen LogP contribution in [-0.2, 0) is 18.3 Å². The van der Waals surface area contributed by atoms with Crippen molar-refractivity contribution in [1.82, 2.24) is 19.5 Å². The first-order chi connectivity index (χ1) is 14.5. The minimum absolute atomic E-state index is 0.0370. The lowest BCUT2D eigenvalue weighted by molar-refractivity contribution is -0.0288. The number of anilines is 1. The molecule has 0 aromatic carbocycles. The quantitative estimate of drug-likeness (QED) is 0.380. The zero-order chi connectivity index (χ0) is 22.9. The van der Waals surface area contributed by atoms with Crippen LogP contribution in [0.25, 0.3) is 11.2 Å². The van der Waals surface area contributed by atoms with Gasteiger partial charge in [0.25, 0.3) is 5.56 Å². The van der Waals surface area contributed by atoms with Crippen LogP contribution in [0, 0.1) is 0 Å². The van der Waals surface area contributed by atoms with E-state index in [0.29, 0.717) is 0 Å². The minimum atomic E-state index is -3.34. The van der Waals surface area contributed by atoms with E-state index in [1.807, 2.05) is 0 Å². The Hall–Kier alpha value is -1.47. The number of rotatable bonds is 9. The van der Waals surface area contributed by atoms with E-state index >= 15 is 0 Å². The molecule has 4 atom stereocenters. The minimum Gasteiger partial charge on any atom is -0.387 e. The highest BCUT2D eigenvalue weighted by atomic mass is 32.2. The zero-order valence-electron chi connectivity index (χ0n) is 17.7. The van der Waals surface area contributed by atoms with Crippen LogP contribution in [-0.4, -0.2) is 71.5 Å². The fourth-order valence-corrected chi connectivity index (χ4v) is 6.88. The van der Waals surface area contributed by atoms with Crippen LogP contribution < -0.4 is 11.3 Å². The fraction of sp³-hybridized carbons (Fsp3) is 0.706. The number of hydrogen-bond donors (Lipinski definition) is 4. The summed E-state index contributed by atoms with van der Waals surface area (Å²) >= 11 is 1.23. The number of imidazole rings is 1. The van der Waals surface area contributed by atoms with Gasteiger partial charge in [0.05, 0.1) is 30.1 Å². The molecule has 0 aliphatic carbocycles. The number of aromatic nitrogens is 4. The lowest BCUT2D eigenvalue weighted by Crippen LogP contribution is -2.32. The van der Waals surface area contributed by atoms with E-state index in [1.54, 1.807) is 27.7 Å². The predicted octanol–water partition coefficient (Wildman–Crippen LogP) is 1.05. The van der Waals surface area contributed by atoms with E-state index in [-0.39, 0.29) is 40.6 Å². The molecule has 3 rings (SSSR count). The highest BCUT2D eigenvalue weighted by Crippen LogP contribution is 2.53. The summed E-state index contributed by atoms with van der Waals surface area (Å²) in [5.41, 5.74) is 5.32. The van der Waals surface area contributed by atoms with Crippen LogP contribution >= 0.6 is 19.4 Å². The molecule has 0 bridgehead atoms. The van der Waals surface area contributed by atoms with Crippen molar-refractivity contribution in [2.24, 2.45) is 0 Å². The Labute approximate surface area is 183 Å². The van der Waals surface area contributed by atoms with Crippen molar-refractivity contribution in [3.05, 3.63) is 16.7 Å². The fourth-order valence-electron chi connectivity index (χ4n) is 3.23. The Morgan fingerprint density at radius 1 is 1.29 bits per heavy atom. The van der Waals surface area contributed by atoms with E-state index in [0.717, 1.165) is 0 Å². The van der Waals surface area contributed by atoms with Gasteiger partial charge in [0.15, 0.2) is 17.4 Å². The molecule has 14 heteroatoms. The van der Waals surface area contributed by atoms with Crippen molar-refractivity contribution in [2.75, 3.05) is 17.0 Å². The van der Waals surface area contributed by atoms with Gasteiger partial charge in [-0.2, -0.15) is 4.98 Å². The second kappa shape index (κ2) is 9.57. The van der Waals surface area contributed by atoms with Gasteiger partial charge in [0.2, 0.25) is 5.95 Å². The number of nitrogen functional groups attached to an aromatic ring is 1. The van der Waals surface area contributed by atoms with Gasteiger partial charge in [-0.15, -0.1) is 11.8 Å². The van der Waals surface area contributed by atoms with Crippen LogP contribution in [0.2, 0.25) is 0 Å². The first-order valence-corrected chi connectivity index (χ1v) is 12.7. The van der Waals surface area contributed by atoms with Gasteiger partial charge >= 0.3 is 7.60 Å². The molecule has 12 nitrogen and oxygen atoms in total. The van der Waals surface area contributed by atoms with Gasteiger partial charge in [-0.3, -0.25) is 18.9 Å². The van der Waals surface area contributed by atoms with Gasteiger partial charge in [-0.05, 0) is 27.7 Å². The first-order valence-electron chi connectivity index (χ1n) is 9.78. The molecule has 3 heterocycles. The average Bonchev–Trinajstić information content (AvgIpc) is 3.16. The van der Waals surface area contributed by atoms with E-state index in [2.05, 4.69) is 15.0 Å². The molecule has 2 aromatic rings. The molecule has 1 fully saturated rings. The number of nitrogens with one attached hydrogen (secondary N) is 1. The van der Waals surface area contributed by atoms with Crippen molar-refractivity contribution in [3.63, 3.8) is 0 Å². The molecule has 0 saturated carbocycles. The third-order valence-electron chi connectivity index (χ3n) is 4.34. The van der Waals surface area contributed by atoms with Crippen molar-refractivity contribution in [3.8, 4) is 0 Å². The standard InChI is InChI=1S/C17H28N5O7PS/c1-8(2)28-30(26,29-9(3)4)7-31-5-10-12(23)13(24)16(27-10)22-6-19-11-14(22)20-17(18)21-15(11)25/h6,8-10,12-13,16,23-24H,5,7H2,1-4H3,(H3,18,20,21,25)/t10-,12-,13-,16-/m1/s1. The number of aliphatic hydroxyl groups is 2. The highest BCUT2D eigenvalue weighted by Gasteiger charge is 2.44. The molecular formula is C17H28N5O7PS. The predicted molar refractivity (Wildman–Crippen MR) is 116 cm³/mol. The number of nitrogens with zero attached hydrogens (tertiary/aromatic N) is 3. The zero-order valence-corrected chi connectivity index (χ0v) is 19.4. The summed E-state index contributed by atoms with van der Waals surface area (Å²) in [5, 5.41) is 21.0. The largest absolute Gasteiger partial charge is 0.387 e. The molecule has 2 aromatic heterocycles. The molecule has 0 amide bonds. The van der Waals surface area contributed by atoms with Crippen LogP contribution in [0.4, 0.5) is 5.95 Å². The monoisotopic (exact) mass is 477 g/mol. The Morgan fingerprint density at radius 3 is 2.55 bits per heavy atom. The summed E-state index contributed by atoms with van der Waals surface area (Å²) in [4.78, 5) is 22.4. The highest BCUT2D eigenvalue weighted by molar-refractivity contribution is 8.04. The molecule has 0 radical (unpaired) electrons. The number of fused-ring (bicyclic) bond motifs is 1. The smallest absolute Gasteiger partial charge is 0.340 e. The molecule has 1 saturated heterocycles. The molecule has 0 spiro atoms. The second-order valence-corrected chi connectivity index (χ2v) is 11.2. The SMILES string of the molecule is CC(C)OP(=O)(CSC[C@H]1O[C@@H](n2cnc3c(=O)[nH]c(N)nc32)[C@H](O)[C@@H]1O)OC(C)C. The lowest BCUT2D eigenvalue weighted by Gasteiger charge is -2.23. The number of nitrogens with two attached hydrogens (primary N) is 1. The van der Waals surface area contributed by atoms with E-state index < -0.39 is 37.7 Å². The van der Waals surface area contributed by atoms with E-state index in [1.165, 1.54) is 22.7 Å². The summed E-state index contributed by atoms with van der Waals surface area (Å²) in [5.74, 6) is 0.121. The van der Waals surface area contributed by atoms with Gasteiger partial charge in [0, 0.05) is 5.75 Å². The van der Waals surface area contributed by atoms with Crippen molar-refractivity contribution >= 4 is 36.5 Å². The van der Waals surface area contributed by atoms with Crippen molar-refractivity contribution in [1.29, 1.82) is 0 Å². The summed E-state index contributed by atoms with van der Waals surface area (Å²) in [6.07, 6.45) is -3.56. The Bertz CT molecular complexity index is 998. The number of H-pyrrole nitrogens is 1. The number of hydrogen-bond acceptors (Lipinski definition) is 11. The Morgan fingerprint density at radius 2 is 1.94 bits per heavy atom. The van der Waals surface area contributed by atoms with Crippen molar-refractivity contribution in [2.45, 2.75) is 64.4 Å². The summed E-state index contributed by atoms with van der Waals surface area (Å²) < 4.78 is 31.1. The molecule has 31 heavy (non-hydrogen) atoms. The maximum Gasteiger partial charge on any atom is 0.340 e. The summed E-state index contributed by atoms with van der Waals surface area (Å²) in [6.45, 7) is 7.08. The van der Waals surface area contributed by atoms with Gasteiger partial charge < -0.3 is 29.7 Å². The summed E-state index contributed by atoms with van der Waals surface area (Å²) in [6, 6.07) is 0. The Balaban J connectivity index is 1.70. The molecule has 1 aliphatic heterocycles. The number of aliphatic hydroxyl groups excluding tert-OH is 2. The van der Waals surface area contributed by atoms with Crippen LogP contribution in [0.3, 0.4) is 0 Å². The number of aromatic amines is 1. The van der Waals surface area contributed by atoms with Crippen LogP contribution in [0.15, 0.2) is 11.1 Å². The maximum atomic E-state index is 12.9. The topological polar surface area (TPSA) is 175 Å². The van der Waals surface area contributed by atoms with Crippen molar-refractivity contribution < 1.29 is 28.6 Å². The third kappa shape index (κ3) is 5.48. The number of ether oxygens (including phenoxy) is 1.